The molecule has 2 rings (SSSR count). The van der Waals surface area contributed by atoms with E-state index in [2.05, 4.69) is 10.1 Å². The molecule has 26 heavy (non-hydrogen) atoms. The molecule has 0 saturated carbocycles. The Labute approximate surface area is 145 Å². The van der Waals surface area contributed by atoms with Crippen LogP contribution in [0.1, 0.15) is 17.3 Å². The van der Waals surface area contributed by atoms with Gasteiger partial charge >= 0.3 is 12.0 Å². The third kappa shape index (κ3) is 4.85. The minimum Gasteiger partial charge on any atom is -0.487 e. The highest BCUT2D eigenvalue weighted by Gasteiger charge is 2.32. The molecule has 0 heterocycles. The molecule has 7 nitrogen and oxygen atoms in total. The summed E-state index contributed by atoms with van der Waals surface area (Å²) in [5.74, 6) is -1.46. The number of hydrogen-bond donors (Lipinski definition) is 1. The lowest BCUT2D eigenvalue weighted by Crippen LogP contribution is -2.19. The summed E-state index contributed by atoms with van der Waals surface area (Å²) in [6, 6.07) is 8.44. The molecule has 0 aliphatic rings. The Balaban J connectivity index is 2.28. The number of benzene rings is 2. The molecule has 0 radical (unpaired) electrons. The monoisotopic (exact) mass is 370 g/mol. The van der Waals surface area contributed by atoms with Crippen LogP contribution >= 0.6 is 0 Å². The molecule has 0 atom stereocenters. The van der Waals surface area contributed by atoms with E-state index in [1.54, 1.807) is 6.92 Å². The van der Waals surface area contributed by atoms with E-state index in [1.165, 1.54) is 30.3 Å². The lowest BCUT2D eigenvalue weighted by molar-refractivity contribution is -0.385. The molecular weight excluding hydrogens is 357 g/mol. The van der Waals surface area contributed by atoms with Crippen molar-refractivity contribution in [2.45, 2.75) is 13.3 Å². The normalized spacial score (nSPS) is 10.9. The van der Waals surface area contributed by atoms with Crippen LogP contribution in [0.2, 0.25) is 0 Å². The topological polar surface area (TPSA) is 90.7 Å². The first-order valence-corrected chi connectivity index (χ1v) is 7.28. The summed E-state index contributed by atoms with van der Waals surface area (Å²) >= 11 is 0. The number of anilines is 1. The van der Waals surface area contributed by atoms with Gasteiger partial charge in [-0.1, -0.05) is 12.1 Å². The van der Waals surface area contributed by atoms with Crippen LogP contribution in [-0.2, 0) is 0 Å². The first-order valence-electron chi connectivity index (χ1n) is 7.28. The van der Waals surface area contributed by atoms with Crippen molar-refractivity contribution in [2.24, 2.45) is 0 Å². The zero-order chi connectivity index (χ0) is 19.3. The number of nitro benzene ring substituents is 1. The molecule has 0 saturated heterocycles. The van der Waals surface area contributed by atoms with Gasteiger partial charge in [0.05, 0.1) is 17.2 Å². The van der Waals surface area contributed by atoms with Crippen molar-refractivity contribution in [1.29, 1.82) is 0 Å². The molecule has 1 N–H and O–H groups in total. The van der Waals surface area contributed by atoms with Gasteiger partial charge in [0.15, 0.2) is 11.5 Å². The van der Waals surface area contributed by atoms with Crippen molar-refractivity contribution in [2.75, 3.05) is 11.9 Å². The van der Waals surface area contributed by atoms with Gasteiger partial charge in [-0.3, -0.25) is 14.9 Å². The molecule has 2 aromatic rings. The molecule has 0 fully saturated rings. The average molecular weight is 370 g/mol. The van der Waals surface area contributed by atoms with Gasteiger partial charge in [0.1, 0.15) is 0 Å². The maximum atomic E-state index is 12.4. The average Bonchev–Trinajstić information content (AvgIpc) is 2.55. The van der Waals surface area contributed by atoms with Crippen LogP contribution in [0.5, 0.6) is 11.5 Å². The van der Waals surface area contributed by atoms with E-state index < -0.39 is 28.6 Å². The predicted molar refractivity (Wildman–Crippen MR) is 85.3 cm³/mol. The quantitative estimate of drug-likeness (QED) is 0.609. The number of hydrogen-bond acceptors (Lipinski definition) is 5. The number of alkyl halides is 3. The van der Waals surface area contributed by atoms with Crippen LogP contribution in [0.25, 0.3) is 0 Å². The highest BCUT2D eigenvalue weighted by molar-refractivity contribution is 6.05. The summed E-state index contributed by atoms with van der Waals surface area (Å²) in [6.07, 6.45) is -4.93. The Hall–Kier alpha value is -3.30. The second-order valence-corrected chi connectivity index (χ2v) is 4.87. The van der Waals surface area contributed by atoms with E-state index in [-0.39, 0.29) is 23.6 Å². The van der Waals surface area contributed by atoms with Gasteiger partial charge in [-0.05, 0) is 31.2 Å². The van der Waals surface area contributed by atoms with Crippen LogP contribution in [0.15, 0.2) is 42.5 Å². The molecular formula is C16H13F3N2O5. The van der Waals surface area contributed by atoms with E-state index in [0.29, 0.717) is 0 Å². The fourth-order valence-corrected chi connectivity index (χ4v) is 2.06. The molecule has 0 aliphatic heterocycles. The van der Waals surface area contributed by atoms with E-state index in [1.807, 2.05) is 0 Å². The molecule has 0 aliphatic carbocycles. The van der Waals surface area contributed by atoms with E-state index in [0.717, 1.165) is 12.1 Å². The van der Waals surface area contributed by atoms with Gasteiger partial charge in [-0.2, -0.15) is 0 Å². The Morgan fingerprint density at radius 1 is 1.19 bits per heavy atom. The number of halogens is 3. The van der Waals surface area contributed by atoms with Crippen molar-refractivity contribution in [3.8, 4) is 11.5 Å². The number of carbonyl (C=O) groups excluding carboxylic acids is 1. The number of ether oxygens (including phenoxy) is 2. The molecule has 0 aromatic heterocycles. The molecule has 2 aromatic carbocycles. The van der Waals surface area contributed by atoms with Gasteiger partial charge in [-0.25, -0.2) is 0 Å². The Bertz CT molecular complexity index is 824. The number of amides is 1. The van der Waals surface area contributed by atoms with Crippen molar-refractivity contribution in [3.63, 3.8) is 0 Å². The zero-order valence-electron chi connectivity index (χ0n) is 13.4. The summed E-state index contributed by atoms with van der Waals surface area (Å²) in [5, 5.41) is 13.3. The summed E-state index contributed by atoms with van der Waals surface area (Å²) in [7, 11) is 0. The summed E-state index contributed by atoms with van der Waals surface area (Å²) < 4.78 is 46.2. The minimum atomic E-state index is -4.93. The fraction of sp³-hybridized carbons (Fsp3) is 0.188. The SMILES string of the molecule is CCOc1ccc(C(=O)Nc2ccccc2OC(F)(F)F)cc1[N+](=O)[O-]. The molecule has 1 amide bonds. The standard InChI is InChI=1S/C16H13F3N2O5/c1-2-25-14-8-7-10(9-12(14)21(23)24)15(22)20-11-5-3-4-6-13(11)26-16(17,18)19/h3-9H,2H2,1H3,(H,20,22). The van der Waals surface area contributed by atoms with Crippen LogP contribution in [0.4, 0.5) is 24.5 Å². The van der Waals surface area contributed by atoms with E-state index >= 15 is 0 Å². The molecule has 10 heteroatoms. The second-order valence-electron chi connectivity index (χ2n) is 4.87. The maximum Gasteiger partial charge on any atom is 0.573 e. The highest BCUT2D eigenvalue weighted by atomic mass is 19.4. The number of para-hydroxylation sites is 2. The fourth-order valence-electron chi connectivity index (χ4n) is 2.06. The largest absolute Gasteiger partial charge is 0.573 e. The van der Waals surface area contributed by atoms with Gasteiger partial charge in [0.25, 0.3) is 5.91 Å². The number of nitro groups is 1. The minimum absolute atomic E-state index is 0.0187. The van der Waals surface area contributed by atoms with Crippen molar-refractivity contribution in [3.05, 3.63) is 58.1 Å². The van der Waals surface area contributed by atoms with Gasteiger partial charge < -0.3 is 14.8 Å². The van der Waals surface area contributed by atoms with Crippen molar-refractivity contribution >= 4 is 17.3 Å². The molecule has 138 valence electrons. The van der Waals surface area contributed by atoms with Crippen molar-refractivity contribution < 1.29 is 32.4 Å². The van der Waals surface area contributed by atoms with E-state index in [9.17, 15) is 28.1 Å². The third-order valence-corrected chi connectivity index (χ3v) is 3.08. The number of nitrogens with one attached hydrogen (secondary N) is 1. The van der Waals surface area contributed by atoms with Gasteiger partial charge in [0, 0.05) is 11.6 Å². The third-order valence-electron chi connectivity index (χ3n) is 3.08. The molecule has 0 unspecified atom stereocenters. The zero-order valence-corrected chi connectivity index (χ0v) is 13.4. The van der Waals surface area contributed by atoms with Crippen LogP contribution in [0, 0.1) is 10.1 Å². The second kappa shape index (κ2) is 7.72. The summed E-state index contributed by atoms with van der Waals surface area (Å²) in [5.41, 5.74) is -0.785. The Morgan fingerprint density at radius 3 is 2.50 bits per heavy atom. The smallest absolute Gasteiger partial charge is 0.487 e. The highest BCUT2D eigenvalue weighted by Crippen LogP contribution is 2.31. The summed E-state index contributed by atoms with van der Waals surface area (Å²) in [6.45, 7) is 1.83. The number of carbonyl (C=O) groups is 1. The summed E-state index contributed by atoms with van der Waals surface area (Å²) in [4.78, 5) is 22.6. The lowest BCUT2D eigenvalue weighted by Gasteiger charge is -2.14. The molecule has 0 spiro atoms. The van der Waals surface area contributed by atoms with Crippen LogP contribution in [0.3, 0.4) is 0 Å². The Morgan fingerprint density at radius 2 is 1.88 bits per heavy atom. The van der Waals surface area contributed by atoms with Crippen LogP contribution < -0.4 is 14.8 Å². The van der Waals surface area contributed by atoms with Gasteiger partial charge in [-0.15, -0.1) is 13.2 Å². The van der Waals surface area contributed by atoms with Crippen molar-refractivity contribution in [1.82, 2.24) is 0 Å². The predicted octanol–water partition coefficient (Wildman–Crippen LogP) is 4.14. The van der Waals surface area contributed by atoms with Gasteiger partial charge in [0.2, 0.25) is 0 Å². The maximum absolute atomic E-state index is 12.4. The molecule has 0 bridgehead atoms. The van der Waals surface area contributed by atoms with Crippen LogP contribution in [-0.4, -0.2) is 23.8 Å². The van der Waals surface area contributed by atoms with E-state index in [4.69, 9.17) is 4.74 Å². The Kier molecular flexibility index (Phi) is 5.65. The first-order chi connectivity index (χ1) is 12.2. The first kappa shape index (κ1) is 19.0. The number of nitrogens with zero attached hydrogens (tertiary/aromatic N) is 1. The lowest BCUT2D eigenvalue weighted by atomic mass is 10.1. The number of rotatable bonds is 6.